The Kier molecular flexibility index (Phi) is 15.2. The number of rotatable bonds is 15. The average molecular weight is 769 g/mol. The molecule has 1 aliphatic rings. The van der Waals surface area contributed by atoms with Gasteiger partial charge < -0.3 is 31.7 Å². The van der Waals surface area contributed by atoms with Crippen molar-refractivity contribution in [1.82, 2.24) is 31.6 Å². The topological polar surface area (TPSA) is 213 Å². The van der Waals surface area contributed by atoms with Gasteiger partial charge in [0.15, 0.2) is 5.78 Å². The van der Waals surface area contributed by atoms with Crippen LogP contribution < -0.4 is 32.4 Å². The highest BCUT2D eigenvalue weighted by atomic mass is 16.6. The number of hydrogen-bond acceptors (Lipinski definition) is 9. The molecule has 1 aliphatic heterocycles. The number of ether oxygens (including phenoxy) is 1. The molecule has 0 aliphatic carbocycles. The van der Waals surface area contributed by atoms with Crippen LogP contribution >= 0.6 is 0 Å². The number of nitrogens with two attached hydrogens (primary N) is 1. The van der Waals surface area contributed by atoms with Gasteiger partial charge in [-0.05, 0) is 57.2 Å². The number of likely N-dealkylation sites (tertiary alicyclic amines) is 1. The molecule has 1 unspecified atom stereocenters. The van der Waals surface area contributed by atoms with Crippen LogP contribution in [0.4, 0.5) is 9.59 Å². The second kappa shape index (κ2) is 20.0. The van der Waals surface area contributed by atoms with Crippen molar-refractivity contribution >= 4 is 41.3 Å². The van der Waals surface area contributed by atoms with Crippen LogP contribution in [0.1, 0.15) is 82.7 Å². The molecule has 298 valence electrons. The Labute approximate surface area is 327 Å². The second-order valence-electron chi connectivity index (χ2n) is 14.5. The molecule has 0 aromatic heterocycles. The Bertz CT molecular complexity index is 1810. The van der Waals surface area contributed by atoms with Gasteiger partial charge in [0.1, 0.15) is 23.4 Å². The zero-order chi connectivity index (χ0) is 40.8. The van der Waals surface area contributed by atoms with E-state index in [1.807, 2.05) is 67.6 Å². The number of Topliss-reactive ketones (excluding diaryl/α,β-unsaturated/α-hetero) is 1. The molecular formula is C41H52N8O7. The fourth-order valence-corrected chi connectivity index (χ4v) is 6.21. The third kappa shape index (κ3) is 12.5. The van der Waals surface area contributed by atoms with E-state index < -0.39 is 72.2 Å². The lowest BCUT2D eigenvalue weighted by molar-refractivity contribution is -0.127. The fourth-order valence-electron chi connectivity index (χ4n) is 6.21. The van der Waals surface area contributed by atoms with E-state index in [0.29, 0.717) is 12.0 Å². The quantitative estimate of drug-likeness (QED) is 0.0991. The van der Waals surface area contributed by atoms with Crippen molar-refractivity contribution in [3.8, 4) is 0 Å². The molecule has 56 heavy (non-hydrogen) atoms. The van der Waals surface area contributed by atoms with Crippen molar-refractivity contribution in [3.63, 3.8) is 0 Å². The lowest BCUT2D eigenvalue weighted by Gasteiger charge is -2.29. The van der Waals surface area contributed by atoms with Crippen LogP contribution in [0.25, 0.3) is 0 Å². The monoisotopic (exact) mass is 768 g/mol. The summed E-state index contributed by atoms with van der Waals surface area (Å²) in [4.78, 5) is 81.0. The standard InChI is InChI=1S/C41H52N8O7/c1-6-16-31(44-37(52)32-23-30(42)25-49(32)40(55)56-41(3,4)5)36(38(53)43-24-33(51)45-34(26(2)50)27-17-10-7-11-18-27)47-48-39(54)46-35(28-19-12-8-13-20-28)29-21-14-9-15-22-29/h7-15,17-22,30-32,34-35H,6,16,23-25,42H2,1-5H3,(H,43,53)(H,44,52)(H,45,51)(H2,46,48,54)/t30-,31+,32?,34-/m1/s1. The van der Waals surface area contributed by atoms with Crippen molar-refractivity contribution in [1.29, 1.82) is 0 Å². The minimum absolute atomic E-state index is 0.0813. The Morgan fingerprint density at radius 3 is 1.91 bits per heavy atom. The molecule has 4 atom stereocenters. The number of hydrazone groups is 1. The number of hydrogen-bond donors (Lipinski definition) is 6. The van der Waals surface area contributed by atoms with Crippen molar-refractivity contribution in [3.05, 3.63) is 108 Å². The number of nitrogens with zero attached hydrogens (tertiary/aromatic N) is 2. The molecule has 4 rings (SSSR count). The van der Waals surface area contributed by atoms with Crippen LogP contribution in [0.15, 0.2) is 96.1 Å². The van der Waals surface area contributed by atoms with Crippen LogP contribution in [0.3, 0.4) is 0 Å². The van der Waals surface area contributed by atoms with Crippen molar-refractivity contribution in [2.24, 2.45) is 10.8 Å². The molecule has 6 amide bonds. The van der Waals surface area contributed by atoms with Crippen molar-refractivity contribution < 1.29 is 33.5 Å². The molecule has 0 bridgehead atoms. The minimum atomic E-state index is -1.08. The van der Waals surface area contributed by atoms with E-state index in [9.17, 15) is 28.8 Å². The number of nitrogens with one attached hydrogen (secondary N) is 5. The van der Waals surface area contributed by atoms with Gasteiger partial charge in [0, 0.05) is 12.6 Å². The fraction of sp³-hybridized carbons (Fsp3) is 0.390. The first-order valence-electron chi connectivity index (χ1n) is 18.6. The van der Waals surface area contributed by atoms with Gasteiger partial charge in [-0.15, -0.1) is 0 Å². The molecule has 0 spiro atoms. The van der Waals surface area contributed by atoms with Crippen LogP contribution in [0, 0.1) is 0 Å². The first-order valence-corrected chi connectivity index (χ1v) is 18.6. The number of ketones is 1. The highest BCUT2D eigenvalue weighted by molar-refractivity contribution is 6.41. The molecule has 1 saturated heterocycles. The number of amides is 6. The average Bonchev–Trinajstić information content (AvgIpc) is 3.57. The summed E-state index contributed by atoms with van der Waals surface area (Å²) in [5.41, 5.74) is 9.62. The van der Waals surface area contributed by atoms with E-state index in [1.165, 1.54) is 11.8 Å². The van der Waals surface area contributed by atoms with E-state index in [2.05, 4.69) is 31.8 Å². The van der Waals surface area contributed by atoms with Crippen LogP contribution in [-0.4, -0.2) is 83.1 Å². The Hall–Kier alpha value is -6.09. The first-order chi connectivity index (χ1) is 26.7. The van der Waals surface area contributed by atoms with Gasteiger partial charge in [0.25, 0.3) is 5.91 Å². The number of urea groups is 1. The third-order valence-corrected chi connectivity index (χ3v) is 8.79. The van der Waals surface area contributed by atoms with E-state index >= 15 is 0 Å². The van der Waals surface area contributed by atoms with Gasteiger partial charge in [-0.25, -0.2) is 15.0 Å². The summed E-state index contributed by atoms with van der Waals surface area (Å²) >= 11 is 0. The predicted octanol–water partition coefficient (Wildman–Crippen LogP) is 3.62. The lowest BCUT2D eigenvalue weighted by atomic mass is 9.99. The highest BCUT2D eigenvalue weighted by Gasteiger charge is 2.41. The van der Waals surface area contributed by atoms with Crippen LogP contribution in [0.5, 0.6) is 0 Å². The number of benzene rings is 3. The van der Waals surface area contributed by atoms with Gasteiger partial charge in [-0.2, -0.15) is 5.10 Å². The van der Waals surface area contributed by atoms with Crippen molar-refractivity contribution in [2.45, 2.75) is 89.7 Å². The maximum atomic E-state index is 13.9. The Morgan fingerprint density at radius 2 is 1.39 bits per heavy atom. The van der Waals surface area contributed by atoms with E-state index in [1.54, 1.807) is 51.1 Å². The number of carbonyl (C=O) groups excluding carboxylic acids is 6. The maximum absolute atomic E-state index is 13.9. The summed E-state index contributed by atoms with van der Waals surface area (Å²) in [6, 6.07) is 22.3. The zero-order valence-electron chi connectivity index (χ0n) is 32.4. The van der Waals surface area contributed by atoms with Gasteiger partial charge in [0.2, 0.25) is 11.8 Å². The molecule has 3 aromatic rings. The van der Waals surface area contributed by atoms with E-state index in [0.717, 1.165) is 11.1 Å². The van der Waals surface area contributed by atoms with Gasteiger partial charge in [0.05, 0.1) is 18.6 Å². The molecule has 0 radical (unpaired) electrons. The summed E-state index contributed by atoms with van der Waals surface area (Å²) in [5, 5.41) is 15.1. The van der Waals surface area contributed by atoms with Gasteiger partial charge in [-0.3, -0.25) is 24.1 Å². The van der Waals surface area contributed by atoms with Crippen molar-refractivity contribution in [2.75, 3.05) is 13.1 Å². The van der Waals surface area contributed by atoms with E-state index in [-0.39, 0.29) is 30.9 Å². The normalized spacial score (nSPS) is 16.6. The third-order valence-electron chi connectivity index (χ3n) is 8.79. The van der Waals surface area contributed by atoms with Gasteiger partial charge >= 0.3 is 12.1 Å². The smallest absolute Gasteiger partial charge is 0.411 e. The van der Waals surface area contributed by atoms with Crippen LogP contribution in [-0.2, 0) is 23.9 Å². The summed E-state index contributed by atoms with van der Waals surface area (Å²) in [5.74, 6) is -2.45. The summed E-state index contributed by atoms with van der Waals surface area (Å²) in [6.45, 7) is 7.83. The second-order valence-corrected chi connectivity index (χ2v) is 14.5. The zero-order valence-corrected chi connectivity index (χ0v) is 32.4. The Balaban J connectivity index is 1.59. The molecule has 1 heterocycles. The molecule has 15 heteroatoms. The highest BCUT2D eigenvalue weighted by Crippen LogP contribution is 2.23. The summed E-state index contributed by atoms with van der Waals surface area (Å²) < 4.78 is 5.52. The molecule has 7 N–H and O–H groups in total. The molecule has 0 saturated carbocycles. The molecule has 1 fully saturated rings. The predicted molar refractivity (Wildman–Crippen MR) is 211 cm³/mol. The molecule has 15 nitrogen and oxygen atoms in total. The molecular weight excluding hydrogens is 716 g/mol. The Morgan fingerprint density at radius 1 is 0.839 bits per heavy atom. The van der Waals surface area contributed by atoms with Gasteiger partial charge in [-0.1, -0.05) is 104 Å². The lowest BCUT2D eigenvalue weighted by Crippen LogP contribution is -2.55. The molecule has 3 aromatic carbocycles. The minimum Gasteiger partial charge on any atom is -0.444 e. The number of carbonyl (C=O) groups is 6. The summed E-state index contributed by atoms with van der Waals surface area (Å²) in [6.07, 6.45) is 0.0864. The maximum Gasteiger partial charge on any atom is 0.411 e. The first kappa shape index (κ1) is 42.6. The summed E-state index contributed by atoms with van der Waals surface area (Å²) in [7, 11) is 0. The SMILES string of the molecule is CCC[C@H](NC(=O)C1C[C@@H](N)CN1C(=O)OC(C)(C)C)C(=NNC(=O)NC(c1ccccc1)c1ccccc1)C(=O)NCC(=O)N[C@H](C(C)=O)c1ccccc1. The largest absolute Gasteiger partial charge is 0.444 e. The van der Waals surface area contributed by atoms with E-state index in [4.69, 9.17) is 10.5 Å². The van der Waals surface area contributed by atoms with Crippen LogP contribution in [0.2, 0.25) is 0 Å².